The summed E-state index contributed by atoms with van der Waals surface area (Å²) in [6.07, 6.45) is 4.70. The van der Waals surface area contributed by atoms with Gasteiger partial charge in [-0.2, -0.15) is 0 Å². The molecule has 0 spiro atoms. The Balaban J connectivity index is 1.28. The van der Waals surface area contributed by atoms with Crippen LogP contribution < -0.4 is 25.5 Å². The molecule has 0 N–H and O–H groups in total. The summed E-state index contributed by atoms with van der Waals surface area (Å²) < 4.78 is 2.80. The number of aryl methyl sites for hydroxylation is 1. The number of fused-ring (bicyclic) bond motifs is 9. The molecule has 0 radical (unpaired) electrons. The second kappa shape index (κ2) is 15.5. The minimum atomic E-state index is -0.0499. The predicted molar refractivity (Wildman–Crippen MR) is 313 cm³/mol. The molecule has 2 aliphatic heterocycles. The fraction of sp³-hybridized carbons (Fsp3) is 0.433. The highest BCUT2D eigenvalue weighted by Crippen LogP contribution is 2.57. The summed E-state index contributed by atoms with van der Waals surface area (Å²) in [6.45, 7) is 43.5. The first-order chi connectivity index (χ1) is 33.0. The van der Waals surface area contributed by atoms with Crippen molar-refractivity contribution < 1.29 is 0 Å². The Bertz CT molecular complexity index is 3330. The van der Waals surface area contributed by atoms with Crippen molar-refractivity contribution in [3.05, 3.63) is 148 Å². The van der Waals surface area contributed by atoms with E-state index in [0.29, 0.717) is 0 Å². The lowest BCUT2D eigenvalue weighted by Crippen LogP contribution is -2.61. The zero-order valence-corrected chi connectivity index (χ0v) is 47.3. The van der Waals surface area contributed by atoms with Crippen LogP contribution in [0, 0.1) is 6.92 Å². The molecule has 0 bridgehead atoms. The molecule has 6 aromatic carbocycles. The van der Waals surface area contributed by atoms with E-state index in [-0.39, 0.29) is 44.6 Å². The summed E-state index contributed by atoms with van der Waals surface area (Å²) in [5.41, 5.74) is 24.9. The van der Waals surface area contributed by atoms with E-state index >= 15 is 0 Å². The molecule has 366 valence electrons. The third-order valence-corrected chi connectivity index (χ3v) is 19.1. The molecular formula is C67H79BN2S. The molecule has 2 nitrogen and oxygen atoms in total. The molecule has 0 atom stereocenters. The van der Waals surface area contributed by atoms with E-state index in [1.807, 2.05) is 11.3 Å². The average molecular weight is 955 g/mol. The first kappa shape index (κ1) is 48.2. The number of hydrogen-bond donors (Lipinski definition) is 0. The Morgan fingerprint density at radius 3 is 1.65 bits per heavy atom. The highest BCUT2D eigenvalue weighted by Gasteiger charge is 2.50. The standard InChI is InChI=1S/C67H79BN2S/c1-40-35-53-57-54(36-40)70(52-29-22-43(62(5,6)7)38-46(52)41-19-26-48-50(37-41)66(15,16)32-31-64(48,11)12)59-51(28-27-49-56(59)67(17,18)34-33-65(49,13)14)68(57)60-58(47-39-44(63(8,9)10)23-30-55(47)71-60)69(53)45-24-20-42(21-25-45)61(2,3)4/h19-30,35-39H,31-34H2,1-18H3. The van der Waals surface area contributed by atoms with E-state index in [0.717, 1.165) is 6.42 Å². The van der Waals surface area contributed by atoms with E-state index in [4.69, 9.17) is 0 Å². The number of nitrogens with zero attached hydrogens (tertiary/aromatic N) is 2. The average Bonchev–Trinajstić information content (AvgIpc) is 3.66. The van der Waals surface area contributed by atoms with Crippen LogP contribution in [0.2, 0.25) is 0 Å². The summed E-state index contributed by atoms with van der Waals surface area (Å²) in [4.78, 5) is 5.47. The lowest BCUT2D eigenvalue weighted by Gasteiger charge is -2.49. The third kappa shape index (κ3) is 7.52. The van der Waals surface area contributed by atoms with Crippen molar-refractivity contribution in [2.75, 3.05) is 9.80 Å². The van der Waals surface area contributed by atoms with Crippen LogP contribution in [0.1, 0.15) is 188 Å². The van der Waals surface area contributed by atoms with Gasteiger partial charge >= 0.3 is 0 Å². The van der Waals surface area contributed by atoms with Gasteiger partial charge in [0.1, 0.15) is 0 Å². The molecule has 1 aromatic heterocycles. The largest absolute Gasteiger partial charge is 0.310 e. The van der Waals surface area contributed by atoms with Crippen LogP contribution >= 0.6 is 11.3 Å². The molecule has 0 saturated heterocycles. The van der Waals surface area contributed by atoms with Gasteiger partial charge in [-0.25, -0.2) is 0 Å². The molecule has 2 aliphatic carbocycles. The van der Waals surface area contributed by atoms with Gasteiger partial charge in [-0.1, -0.05) is 172 Å². The maximum Gasteiger partial charge on any atom is 0.264 e. The second-order valence-corrected chi connectivity index (χ2v) is 29.2. The van der Waals surface area contributed by atoms with Gasteiger partial charge in [-0.15, -0.1) is 11.3 Å². The molecule has 3 heterocycles. The molecule has 0 amide bonds. The Labute approximate surface area is 432 Å². The van der Waals surface area contributed by atoms with Crippen LogP contribution in [0.15, 0.2) is 103 Å². The molecular weight excluding hydrogens is 876 g/mol. The van der Waals surface area contributed by atoms with Crippen molar-refractivity contribution >= 4 is 78.0 Å². The first-order valence-corrected chi connectivity index (χ1v) is 27.7. The molecule has 11 rings (SSSR count). The van der Waals surface area contributed by atoms with Crippen LogP contribution in [-0.4, -0.2) is 6.71 Å². The zero-order chi connectivity index (χ0) is 50.9. The van der Waals surface area contributed by atoms with Crippen molar-refractivity contribution in [2.45, 2.75) is 188 Å². The van der Waals surface area contributed by atoms with Crippen molar-refractivity contribution in [1.82, 2.24) is 0 Å². The molecule has 71 heavy (non-hydrogen) atoms. The van der Waals surface area contributed by atoms with Gasteiger partial charge in [0.2, 0.25) is 0 Å². The Morgan fingerprint density at radius 2 is 1.01 bits per heavy atom. The van der Waals surface area contributed by atoms with Gasteiger partial charge < -0.3 is 9.80 Å². The Hall–Kier alpha value is -5.06. The normalized spacial score (nSPS) is 18.4. The smallest absolute Gasteiger partial charge is 0.264 e. The number of anilines is 6. The Morgan fingerprint density at radius 1 is 0.479 bits per heavy atom. The monoisotopic (exact) mass is 955 g/mol. The summed E-state index contributed by atoms with van der Waals surface area (Å²) in [7, 11) is 0. The van der Waals surface area contributed by atoms with E-state index in [2.05, 4.69) is 238 Å². The fourth-order valence-corrected chi connectivity index (χ4v) is 14.4. The summed E-state index contributed by atoms with van der Waals surface area (Å²) in [6, 6.07) is 42.2. The zero-order valence-electron chi connectivity index (χ0n) is 46.5. The topological polar surface area (TPSA) is 6.48 Å². The van der Waals surface area contributed by atoms with Crippen molar-refractivity contribution in [2.24, 2.45) is 0 Å². The van der Waals surface area contributed by atoms with Crippen LogP contribution in [-0.2, 0) is 37.9 Å². The lowest BCUT2D eigenvalue weighted by molar-refractivity contribution is 0.332. The van der Waals surface area contributed by atoms with Crippen molar-refractivity contribution in [1.29, 1.82) is 0 Å². The summed E-state index contributed by atoms with van der Waals surface area (Å²) in [5.74, 6) is 0. The van der Waals surface area contributed by atoms with Crippen LogP contribution in [0.4, 0.5) is 34.1 Å². The maximum absolute atomic E-state index is 2.80. The van der Waals surface area contributed by atoms with Gasteiger partial charge in [-0.05, 0) is 180 Å². The number of rotatable bonds is 3. The minimum absolute atomic E-state index is 0.0121. The molecule has 4 aliphatic rings. The van der Waals surface area contributed by atoms with Gasteiger partial charge in [0, 0.05) is 43.2 Å². The number of hydrogen-bond acceptors (Lipinski definition) is 3. The van der Waals surface area contributed by atoms with E-state index in [9.17, 15) is 0 Å². The van der Waals surface area contributed by atoms with Gasteiger partial charge in [-0.3, -0.25) is 0 Å². The van der Waals surface area contributed by atoms with E-state index in [1.54, 1.807) is 0 Å². The molecule has 0 saturated carbocycles. The predicted octanol–water partition coefficient (Wildman–Crippen LogP) is 17.5. The van der Waals surface area contributed by atoms with E-state index in [1.165, 1.54) is 135 Å². The fourth-order valence-electron chi connectivity index (χ4n) is 13.1. The van der Waals surface area contributed by atoms with E-state index < -0.39 is 0 Å². The summed E-state index contributed by atoms with van der Waals surface area (Å²) in [5, 5.41) is 1.35. The molecule has 0 fully saturated rings. The van der Waals surface area contributed by atoms with Gasteiger partial charge in [0.05, 0.1) is 11.4 Å². The SMILES string of the molecule is Cc1cc2c3c(c1)N(c1ccc(C(C)(C)C)cc1)c1c(sc4ccc(C(C)(C)C)cc14)B3c1ccc3c(c1N2c1ccc(C(C)(C)C)cc1-c1ccc2c(c1)C(C)(C)CCC2(C)C)C(C)(C)CCC3(C)C. The Kier molecular flexibility index (Phi) is 10.5. The molecule has 4 heteroatoms. The maximum atomic E-state index is 2.80. The quantitative estimate of drug-likeness (QED) is 0.163. The van der Waals surface area contributed by atoms with Crippen molar-refractivity contribution in [3.8, 4) is 11.1 Å². The lowest BCUT2D eigenvalue weighted by atomic mass is 9.35. The minimum Gasteiger partial charge on any atom is -0.310 e. The highest BCUT2D eigenvalue weighted by molar-refractivity contribution is 7.33. The van der Waals surface area contributed by atoms with Gasteiger partial charge in [0.15, 0.2) is 0 Å². The van der Waals surface area contributed by atoms with Crippen LogP contribution in [0.3, 0.4) is 0 Å². The van der Waals surface area contributed by atoms with Gasteiger partial charge in [0.25, 0.3) is 6.71 Å². The molecule has 0 unspecified atom stereocenters. The van der Waals surface area contributed by atoms with Crippen LogP contribution in [0.25, 0.3) is 21.2 Å². The highest BCUT2D eigenvalue weighted by atomic mass is 32.1. The van der Waals surface area contributed by atoms with Crippen LogP contribution in [0.5, 0.6) is 0 Å². The first-order valence-electron chi connectivity index (χ1n) is 26.9. The third-order valence-electron chi connectivity index (χ3n) is 17.9. The number of benzene rings is 6. The molecule has 7 aromatic rings. The summed E-state index contributed by atoms with van der Waals surface area (Å²) >= 11 is 2.02. The second-order valence-electron chi connectivity index (χ2n) is 28.1. The number of thiophene rings is 1. The van der Waals surface area contributed by atoms with Crippen molar-refractivity contribution in [3.63, 3.8) is 0 Å².